The molecule has 0 saturated heterocycles. The van der Waals surface area contributed by atoms with E-state index in [1.807, 2.05) is 6.92 Å². The minimum absolute atomic E-state index is 0.101. The van der Waals surface area contributed by atoms with Crippen molar-refractivity contribution < 1.29 is 18.3 Å². The van der Waals surface area contributed by atoms with Crippen molar-refractivity contribution in [3.8, 4) is 0 Å². The molecule has 0 spiro atoms. The number of hydrogen-bond acceptors (Lipinski definition) is 3. The maximum absolute atomic E-state index is 12.1. The normalized spacial score (nSPS) is 11.7. The Kier molecular flexibility index (Phi) is 5.50. The van der Waals surface area contributed by atoms with Gasteiger partial charge in [0.05, 0.1) is 11.3 Å². The number of carbonyl (C=O) groups is 1. The van der Waals surface area contributed by atoms with Gasteiger partial charge in [-0.15, -0.1) is 0 Å². The van der Waals surface area contributed by atoms with E-state index in [0.717, 1.165) is 12.8 Å². The molecule has 0 unspecified atom stereocenters. The molecule has 0 amide bonds. The van der Waals surface area contributed by atoms with Crippen LogP contribution in [0.4, 0.5) is 0 Å². The van der Waals surface area contributed by atoms with Crippen LogP contribution in [0.5, 0.6) is 0 Å². The van der Waals surface area contributed by atoms with Crippen LogP contribution >= 0.6 is 0 Å². The fourth-order valence-electron chi connectivity index (χ4n) is 1.63. The lowest BCUT2D eigenvalue weighted by molar-refractivity contribution is 0.0696. The van der Waals surface area contributed by atoms with Gasteiger partial charge in [-0.3, -0.25) is 0 Å². The first-order chi connectivity index (χ1) is 8.86. The minimum Gasteiger partial charge on any atom is -0.478 e. The van der Waals surface area contributed by atoms with Crippen molar-refractivity contribution in [1.82, 2.24) is 4.31 Å². The highest BCUT2D eigenvalue weighted by Gasteiger charge is 2.18. The van der Waals surface area contributed by atoms with E-state index in [1.54, 1.807) is 19.2 Å². The van der Waals surface area contributed by atoms with Crippen LogP contribution in [-0.4, -0.2) is 37.4 Å². The van der Waals surface area contributed by atoms with Gasteiger partial charge in [-0.25, -0.2) is 17.5 Å². The summed E-state index contributed by atoms with van der Waals surface area (Å²) in [5, 5.41) is 8.87. The van der Waals surface area contributed by atoms with Crippen molar-refractivity contribution in [2.45, 2.75) is 25.5 Å². The molecule has 106 valence electrons. The molecule has 1 aromatic carbocycles. The van der Waals surface area contributed by atoms with Gasteiger partial charge in [0.25, 0.3) is 0 Å². The Labute approximate surface area is 113 Å². The van der Waals surface area contributed by atoms with Gasteiger partial charge in [-0.05, 0) is 24.1 Å². The first kappa shape index (κ1) is 15.7. The second-order valence-electron chi connectivity index (χ2n) is 4.44. The van der Waals surface area contributed by atoms with Crippen LogP contribution in [0.2, 0.25) is 0 Å². The average molecular weight is 285 g/mol. The van der Waals surface area contributed by atoms with Crippen LogP contribution in [-0.2, 0) is 15.8 Å². The summed E-state index contributed by atoms with van der Waals surface area (Å²) in [5.41, 5.74) is 0.590. The maximum Gasteiger partial charge on any atom is 0.335 e. The number of sulfonamides is 1. The van der Waals surface area contributed by atoms with Crippen LogP contribution < -0.4 is 0 Å². The number of benzene rings is 1. The highest BCUT2D eigenvalue weighted by Crippen LogP contribution is 2.12. The van der Waals surface area contributed by atoms with Crippen LogP contribution in [0.25, 0.3) is 0 Å². The predicted molar refractivity (Wildman–Crippen MR) is 73.6 cm³/mol. The highest BCUT2D eigenvalue weighted by molar-refractivity contribution is 7.88. The van der Waals surface area contributed by atoms with E-state index in [-0.39, 0.29) is 11.3 Å². The Balaban J connectivity index is 2.83. The topological polar surface area (TPSA) is 74.7 Å². The third-order valence-corrected chi connectivity index (χ3v) is 4.65. The number of nitrogens with zero attached hydrogens (tertiary/aromatic N) is 1. The number of hydrogen-bond donors (Lipinski definition) is 1. The SMILES string of the molecule is CCCCN(C)S(=O)(=O)Cc1cccc(C(=O)O)c1. The summed E-state index contributed by atoms with van der Waals surface area (Å²) < 4.78 is 25.5. The average Bonchev–Trinajstić information content (AvgIpc) is 2.35. The molecule has 0 aromatic heterocycles. The summed E-state index contributed by atoms with van der Waals surface area (Å²) in [6, 6.07) is 6.02. The van der Waals surface area contributed by atoms with E-state index >= 15 is 0 Å². The molecule has 0 aliphatic heterocycles. The lowest BCUT2D eigenvalue weighted by atomic mass is 10.1. The summed E-state index contributed by atoms with van der Waals surface area (Å²) in [7, 11) is -1.84. The van der Waals surface area contributed by atoms with Crippen molar-refractivity contribution in [3.63, 3.8) is 0 Å². The number of unbranched alkanes of at least 4 members (excludes halogenated alkanes) is 1. The molecular weight excluding hydrogens is 266 g/mol. The van der Waals surface area contributed by atoms with Crippen LogP contribution in [0, 0.1) is 0 Å². The lowest BCUT2D eigenvalue weighted by Gasteiger charge is -2.16. The van der Waals surface area contributed by atoms with Crippen LogP contribution in [0.1, 0.15) is 35.7 Å². The fourth-order valence-corrected chi connectivity index (χ4v) is 2.86. The van der Waals surface area contributed by atoms with Crippen molar-refractivity contribution in [2.24, 2.45) is 0 Å². The van der Waals surface area contributed by atoms with Gasteiger partial charge >= 0.3 is 5.97 Å². The first-order valence-electron chi connectivity index (χ1n) is 6.13. The van der Waals surface area contributed by atoms with Gasteiger partial charge in [0.1, 0.15) is 0 Å². The van der Waals surface area contributed by atoms with E-state index in [0.29, 0.717) is 12.1 Å². The molecule has 0 fully saturated rings. The van der Waals surface area contributed by atoms with Crippen molar-refractivity contribution in [1.29, 1.82) is 0 Å². The van der Waals surface area contributed by atoms with Gasteiger partial charge in [-0.1, -0.05) is 25.5 Å². The summed E-state index contributed by atoms with van der Waals surface area (Å²) in [6.07, 6.45) is 1.74. The van der Waals surface area contributed by atoms with Gasteiger partial charge in [-0.2, -0.15) is 0 Å². The predicted octanol–water partition coefficient (Wildman–Crippen LogP) is 1.95. The molecule has 0 bridgehead atoms. The lowest BCUT2D eigenvalue weighted by Crippen LogP contribution is -2.29. The zero-order valence-electron chi connectivity index (χ0n) is 11.2. The van der Waals surface area contributed by atoms with Gasteiger partial charge in [0.2, 0.25) is 10.0 Å². The zero-order chi connectivity index (χ0) is 14.5. The van der Waals surface area contributed by atoms with Gasteiger partial charge in [0, 0.05) is 13.6 Å². The smallest absolute Gasteiger partial charge is 0.335 e. The van der Waals surface area contributed by atoms with Crippen LogP contribution in [0.15, 0.2) is 24.3 Å². The van der Waals surface area contributed by atoms with E-state index in [9.17, 15) is 13.2 Å². The van der Waals surface area contributed by atoms with E-state index in [4.69, 9.17) is 5.11 Å². The maximum atomic E-state index is 12.1. The molecule has 19 heavy (non-hydrogen) atoms. The number of aromatic carboxylic acids is 1. The molecule has 0 aliphatic carbocycles. The van der Waals surface area contributed by atoms with Crippen molar-refractivity contribution >= 4 is 16.0 Å². The van der Waals surface area contributed by atoms with E-state index in [2.05, 4.69) is 0 Å². The summed E-state index contributed by atoms with van der Waals surface area (Å²) in [4.78, 5) is 10.8. The second kappa shape index (κ2) is 6.68. The van der Waals surface area contributed by atoms with Gasteiger partial charge in [0.15, 0.2) is 0 Å². The Bertz CT molecular complexity index is 539. The summed E-state index contributed by atoms with van der Waals surface area (Å²) >= 11 is 0. The Morgan fingerprint density at radius 3 is 2.63 bits per heavy atom. The first-order valence-corrected chi connectivity index (χ1v) is 7.74. The monoisotopic (exact) mass is 285 g/mol. The van der Waals surface area contributed by atoms with Gasteiger partial charge < -0.3 is 5.11 Å². The van der Waals surface area contributed by atoms with Crippen molar-refractivity contribution in [2.75, 3.05) is 13.6 Å². The molecule has 1 aromatic rings. The largest absolute Gasteiger partial charge is 0.478 e. The molecule has 1 N–H and O–H groups in total. The number of rotatable bonds is 7. The second-order valence-corrected chi connectivity index (χ2v) is 6.51. The number of carboxylic acid groups (broad SMARTS) is 1. The van der Waals surface area contributed by atoms with E-state index in [1.165, 1.54) is 16.4 Å². The standard InChI is InChI=1S/C13H19NO4S/c1-3-4-8-14(2)19(17,18)10-11-6-5-7-12(9-11)13(15)16/h5-7,9H,3-4,8,10H2,1-2H3,(H,15,16). The van der Waals surface area contributed by atoms with Crippen LogP contribution in [0.3, 0.4) is 0 Å². The molecule has 0 heterocycles. The zero-order valence-corrected chi connectivity index (χ0v) is 12.0. The Morgan fingerprint density at radius 2 is 2.05 bits per heavy atom. The minimum atomic E-state index is -3.39. The highest BCUT2D eigenvalue weighted by atomic mass is 32.2. The Morgan fingerprint density at radius 1 is 1.37 bits per heavy atom. The quantitative estimate of drug-likeness (QED) is 0.831. The summed E-state index contributed by atoms with van der Waals surface area (Å²) in [6.45, 7) is 2.48. The molecule has 0 aliphatic rings. The molecule has 1 rings (SSSR count). The summed E-state index contributed by atoms with van der Waals surface area (Å²) in [5.74, 6) is -1.23. The molecule has 0 atom stereocenters. The molecule has 0 saturated carbocycles. The third kappa shape index (κ3) is 4.65. The fraction of sp³-hybridized carbons (Fsp3) is 0.462. The molecule has 6 heteroatoms. The molecular formula is C13H19NO4S. The molecule has 5 nitrogen and oxygen atoms in total. The van der Waals surface area contributed by atoms with Crippen molar-refractivity contribution in [3.05, 3.63) is 35.4 Å². The molecule has 0 radical (unpaired) electrons. The third-order valence-electron chi connectivity index (χ3n) is 2.82. The Hall–Kier alpha value is -1.40. The number of carboxylic acids is 1. The van der Waals surface area contributed by atoms with E-state index < -0.39 is 16.0 Å².